The lowest BCUT2D eigenvalue weighted by atomic mass is 10.0. The standard InChI is InChI=1S/C14H15ClN2O2/c1-16-14(19)9-17-7-11(6-13(18)8-17)10-3-2-4-12(15)5-10/h2-6,8,18H,7,9H2,1H3,(H,16,19). The minimum absolute atomic E-state index is 0.101. The first-order chi connectivity index (χ1) is 9.08. The first-order valence-electron chi connectivity index (χ1n) is 5.90. The molecule has 2 rings (SSSR count). The van der Waals surface area contributed by atoms with Crippen LogP contribution in [0.1, 0.15) is 5.56 Å². The van der Waals surface area contributed by atoms with Crippen LogP contribution in [0.15, 0.2) is 42.3 Å². The number of halogens is 1. The highest BCUT2D eigenvalue weighted by Gasteiger charge is 2.15. The number of amides is 1. The highest BCUT2D eigenvalue weighted by atomic mass is 35.5. The van der Waals surface area contributed by atoms with Gasteiger partial charge in [-0.3, -0.25) is 4.79 Å². The monoisotopic (exact) mass is 278 g/mol. The number of aliphatic hydroxyl groups excluding tert-OH is 1. The first-order valence-corrected chi connectivity index (χ1v) is 6.28. The lowest BCUT2D eigenvalue weighted by Gasteiger charge is -2.25. The molecule has 1 heterocycles. The molecule has 0 saturated heterocycles. The molecule has 0 spiro atoms. The van der Waals surface area contributed by atoms with E-state index in [0.717, 1.165) is 11.1 Å². The van der Waals surface area contributed by atoms with Crippen molar-refractivity contribution in [3.8, 4) is 0 Å². The topological polar surface area (TPSA) is 52.6 Å². The Balaban J connectivity index is 2.19. The van der Waals surface area contributed by atoms with Crippen LogP contribution >= 0.6 is 11.6 Å². The lowest BCUT2D eigenvalue weighted by Crippen LogP contribution is -2.34. The van der Waals surface area contributed by atoms with E-state index < -0.39 is 0 Å². The Hall–Kier alpha value is -1.94. The summed E-state index contributed by atoms with van der Waals surface area (Å²) in [6.45, 7) is 0.760. The van der Waals surface area contributed by atoms with E-state index in [0.29, 0.717) is 11.6 Å². The summed E-state index contributed by atoms with van der Waals surface area (Å²) in [5.74, 6) is 0.0292. The predicted molar refractivity (Wildman–Crippen MR) is 75.8 cm³/mol. The van der Waals surface area contributed by atoms with Crippen LogP contribution in [-0.4, -0.2) is 36.1 Å². The molecule has 0 radical (unpaired) electrons. The second kappa shape index (κ2) is 5.80. The Labute approximate surface area is 117 Å². The van der Waals surface area contributed by atoms with Gasteiger partial charge in [-0.15, -0.1) is 0 Å². The lowest BCUT2D eigenvalue weighted by molar-refractivity contribution is -0.121. The van der Waals surface area contributed by atoms with Gasteiger partial charge in [-0.1, -0.05) is 23.7 Å². The molecule has 0 aliphatic carbocycles. The zero-order valence-corrected chi connectivity index (χ0v) is 11.3. The van der Waals surface area contributed by atoms with Gasteiger partial charge in [0.25, 0.3) is 0 Å². The molecule has 1 aromatic rings. The number of benzene rings is 1. The van der Waals surface area contributed by atoms with Crippen molar-refractivity contribution < 1.29 is 9.90 Å². The summed E-state index contributed by atoms with van der Waals surface area (Å²) >= 11 is 5.96. The average molecular weight is 279 g/mol. The van der Waals surface area contributed by atoms with Crippen molar-refractivity contribution in [3.63, 3.8) is 0 Å². The van der Waals surface area contributed by atoms with E-state index in [-0.39, 0.29) is 18.2 Å². The van der Waals surface area contributed by atoms with E-state index in [2.05, 4.69) is 5.32 Å². The number of hydrogen-bond donors (Lipinski definition) is 2. The van der Waals surface area contributed by atoms with Crippen LogP contribution in [0.5, 0.6) is 0 Å². The molecule has 0 saturated carbocycles. The summed E-state index contributed by atoms with van der Waals surface area (Å²) in [5.41, 5.74) is 1.86. The molecule has 100 valence electrons. The number of hydrogen-bond acceptors (Lipinski definition) is 3. The molecule has 1 amide bonds. The highest BCUT2D eigenvalue weighted by Crippen LogP contribution is 2.24. The summed E-state index contributed by atoms with van der Waals surface area (Å²) in [5, 5.41) is 12.9. The normalized spacial score (nSPS) is 14.7. The van der Waals surface area contributed by atoms with Crippen LogP contribution in [0.3, 0.4) is 0 Å². The molecular weight excluding hydrogens is 264 g/mol. The van der Waals surface area contributed by atoms with Crippen molar-refractivity contribution in [3.05, 3.63) is 52.9 Å². The van der Waals surface area contributed by atoms with Crippen molar-refractivity contribution in [1.82, 2.24) is 10.2 Å². The molecule has 0 bridgehead atoms. The fourth-order valence-electron chi connectivity index (χ4n) is 1.94. The van der Waals surface area contributed by atoms with Crippen LogP contribution in [0.4, 0.5) is 0 Å². The Kier molecular flexibility index (Phi) is 4.12. The van der Waals surface area contributed by atoms with Crippen LogP contribution in [0, 0.1) is 0 Å². The average Bonchev–Trinajstić information content (AvgIpc) is 2.38. The van der Waals surface area contributed by atoms with Crippen LogP contribution in [0.25, 0.3) is 5.57 Å². The van der Waals surface area contributed by atoms with Gasteiger partial charge in [0.05, 0.1) is 6.54 Å². The zero-order chi connectivity index (χ0) is 13.8. The fraction of sp³-hybridized carbons (Fsp3) is 0.214. The summed E-state index contributed by atoms with van der Waals surface area (Å²) in [6, 6.07) is 7.42. The minimum Gasteiger partial charge on any atom is -0.506 e. The summed E-state index contributed by atoms with van der Waals surface area (Å²) < 4.78 is 0. The van der Waals surface area contributed by atoms with Gasteiger partial charge in [-0.25, -0.2) is 0 Å². The third-order valence-corrected chi connectivity index (χ3v) is 3.07. The van der Waals surface area contributed by atoms with E-state index in [4.69, 9.17) is 11.6 Å². The van der Waals surface area contributed by atoms with Gasteiger partial charge < -0.3 is 15.3 Å². The van der Waals surface area contributed by atoms with Gasteiger partial charge in [0, 0.05) is 24.8 Å². The van der Waals surface area contributed by atoms with Crippen molar-refractivity contribution in [2.45, 2.75) is 0 Å². The van der Waals surface area contributed by atoms with Crippen LogP contribution in [0.2, 0.25) is 5.02 Å². The van der Waals surface area contributed by atoms with Crippen molar-refractivity contribution in [2.75, 3.05) is 20.1 Å². The fourth-order valence-corrected chi connectivity index (χ4v) is 2.13. The summed E-state index contributed by atoms with van der Waals surface area (Å²) in [6.07, 6.45) is 3.25. The Morgan fingerprint density at radius 3 is 3.00 bits per heavy atom. The minimum atomic E-state index is -0.101. The number of nitrogens with one attached hydrogen (secondary N) is 1. The van der Waals surface area contributed by atoms with Gasteiger partial charge in [0.2, 0.25) is 5.91 Å². The Bertz CT molecular complexity index is 552. The molecule has 19 heavy (non-hydrogen) atoms. The smallest absolute Gasteiger partial charge is 0.239 e. The Morgan fingerprint density at radius 2 is 2.32 bits per heavy atom. The van der Waals surface area contributed by atoms with Crippen molar-refractivity contribution in [2.24, 2.45) is 0 Å². The second-order valence-corrected chi connectivity index (χ2v) is 4.75. The highest BCUT2D eigenvalue weighted by molar-refractivity contribution is 6.30. The summed E-state index contributed by atoms with van der Waals surface area (Å²) in [4.78, 5) is 13.1. The number of carbonyl (C=O) groups is 1. The molecule has 5 heteroatoms. The first kappa shape index (κ1) is 13.5. The maximum atomic E-state index is 11.4. The van der Waals surface area contributed by atoms with E-state index in [1.165, 1.54) is 0 Å². The maximum Gasteiger partial charge on any atom is 0.239 e. The van der Waals surface area contributed by atoms with E-state index in [9.17, 15) is 9.90 Å². The van der Waals surface area contributed by atoms with Crippen LogP contribution < -0.4 is 5.32 Å². The molecule has 1 aromatic carbocycles. The van der Waals surface area contributed by atoms with Crippen LogP contribution in [-0.2, 0) is 4.79 Å². The summed E-state index contributed by atoms with van der Waals surface area (Å²) in [7, 11) is 1.59. The number of aliphatic hydroxyl groups is 1. The van der Waals surface area contributed by atoms with Gasteiger partial charge in [0.15, 0.2) is 0 Å². The molecule has 2 N–H and O–H groups in total. The van der Waals surface area contributed by atoms with Crippen molar-refractivity contribution in [1.29, 1.82) is 0 Å². The van der Waals surface area contributed by atoms with E-state index >= 15 is 0 Å². The molecule has 1 aliphatic heterocycles. The van der Waals surface area contributed by atoms with Gasteiger partial charge in [-0.2, -0.15) is 0 Å². The van der Waals surface area contributed by atoms with Gasteiger partial charge in [0.1, 0.15) is 5.76 Å². The number of nitrogens with zero attached hydrogens (tertiary/aromatic N) is 1. The zero-order valence-electron chi connectivity index (χ0n) is 10.6. The number of carbonyl (C=O) groups excluding carboxylic acids is 1. The van der Waals surface area contributed by atoms with E-state index in [1.54, 1.807) is 30.3 Å². The SMILES string of the molecule is CNC(=O)CN1C=C(O)C=C(c2cccc(Cl)c2)C1. The number of rotatable bonds is 3. The third kappa shape index (κ3) is 3.51. The molecule has 0 aromatic heterocycles. The molecule has 0 fully saturated rings. The molecule has 0 atom stereocenters. The Morgan fingerprint density at radius 1 is 1.53 bits per heavy atom. The predicted octanol–water partition coefficient (Wildman–Crippen LogP) is 2.18. The maximum absolute atomic E-state index is 11.4. The molecule has 0 unspecified atom stereocenters. The quantitative estimate of drug-likeness (QED) is 0.891. The third-order valence-electron chi connectivity index (χ3n) is 2.83. The molecule has 4 nitrogen and oxygen atoms in total. The number of likely N-dealkylation sites (N-methyl/N-ethyl adjacent to an activating group) is 1. The second-order valence-electron chi connectivity index (χ2n) is 4.31. The van der Waals surface area contributed by atoms with E-state index in [1.807, 2.05) is 18.2 Å². The molecule has 1 aliphatic rings. The largest absolute Gasteiger partial charge is 0.506 e. The van der Waals surface area contributed by atoms with Gasteiger partial charge in [-0.05, 0) is 29.3 Å². The number of allylic oxidation sites excluding steroid dienone is 1. The van der Waals surface area contributed by atoms with Crippen molar-refractivity contribution >= 4 is 23.1 Å². The van der Waals surface area contributed by atoms with Gasteiger partial charge >= 0.3 is 0 Å². The molecular formula is C14H15ClN2O2.